The Balaban J connectivity index is 1.95. The fraction of sp³-hybridized carbons (Fsp3) is 0.533. The standard InChI is InChI=1S/C30H40Cl2N4O3/c1-15-13-18(29(2,3)4)23(19(14-15)30(5,6)7)39-28(38)21-20(16-9-11-17(31)12-10-16)24(32)36-26(21)35-25(33)22(34-8)27(36)37/h9-12,15,18-19,23,34-35H,13-14,33H2,1-8H3. The van der Waals surface area contributed by atoms with Crippen LogP contribution >= 0.6 is 23.2 Å². The summed E-state index contributed by atoms with van der Waals surface area (Å²) in [6, 6.07) is 6.97. The number of hydrogen-bond acceptors (Lipinski definition) is 5. The summed E-state index contributed by atoms with van der Waals surface area (Å²) in [7, 11) is 1.60. The summed E-state index contributed by atoms with van der Waals surface area (Å²) in [5.74, 6) is 0.376. The van der Waals surface area contributed by atoms with Gasteiger partial charge in [0.2, 0.25) is 0 Å². The highest BCUT2D eigenvalue weighted by Gasteiger charge is 2.48. The summed E-state index contributed by atoms with van der Waals surface area (Å²) < 4.78 is 7.81. The summed E-state index contributed by atoms with van der Waals surface area (Å²) in [6.07, 6.45) is 1.61. The number of aromatic nitrogens is 2. The molecule has 4 N–H and O–H groups in total. The molecule has 2 unspecified atom stereocenters. The molecular weight excluding hydrogens is 535 g/mol. The molecule has 39 heavy (non-hydrogen) atoms. The van der Waals surface area contributed by atoms with Crippen molar-refractivity contribution in [1.82, 2.24) is 9.38 Å². The molecule has 1 aliphatic rings. The number of ether oxygens (including phenoxy) is 1. The van der Waals surface area contributed by atoms with Crippen LogP contribution in [0.25, 0.3) is 16.8 Å². The van der Waals surface area contributed by atoms with Crippen LogP contribution in [-0.2, 0) is 4.74 Å². The van der Waals surface area contributed by atoms with Crippen LogP contribution in [0.5, 0.6) is 0 Å². The third-order valence-corrected chi connectivity index (χ3v) is 8.82. The van der Waals surface area contributed by atoms with E-state index >= 15 is 0 Å². The first-order valence-electron chi connectivity index (χ1n) is 13.5. The van der Waals surface area contributed by atoms with Crippen molar-refractivity contribution in [2.45, 2.75) is 67.4 Å². The minimum atomic E-state index is -0.542. The zero-order valence-electron chi connectivity index (χ0n) is 24.0. The van der Waals surface area contributed by atoms with Gasteiger partial charge in [-0.25, -0.2) is 9.20 Å². The average Bonchev–Trinajstić information content (AvgIpc) is 3.11. The summed E-state index contributed by atoms with van der Waals surface area (Å²) in [6.45, 7) is 15.5. The van der Waals surface area contributed by atoms with E-state index in [2.05, 4.69) is 58.8 Å². The summed E-state index contributed by atoms with van der Waals surface area (Å²) in [4.78, 5) is 30.8. The van der Waals surface area contributed by atoms with Crippen LogP contribution in [-0.4, -0.2) is 28.5 Å². The molecule has 7 nitrogen and oxygen atoms in total. The second-order valence-electron chi connectivity index (χ2n) is 13.1. The zero-order chi connectivity index (χ0) is 29.0. The van der Waals surface area contributed by atoms with Gasteiger partial charge in [-0.2, -0.15) is 0 Å². The van der Waals surface area contributed by atoms with Gasteiger partial charge in [0.05, 0.1) is 0 Å². The molecule has 1 saturated carbocycles. The molecule has 1 fully saturated rings. The van der Waals surface area contributed by atoms with Crippen molar-refractivity contribution in [3.05, 3.63) is 50.4 Å². The van der Waals surface area contributed by atoms with Gasteiger partial charge in [-0.15, -0.1) is 0 Å². The topological polar surface area (TPSA) is 102 Å². The number of benzene rings is 1. The number of halogens is 2. The molecule has 0 bridgehead atoms. The molecular formula is C30H40Cl2N4O3. The molecule has 0 saturated heterocycles. The Morgan fingerprint density at radius 2 is 1.59 bits per heavy atom. The van der Waals surface area contributed by atoms with Crippen LogP contribution in [0.2, 0.25) is 10.2 Å². The highest BCUT2D eigenvalue weighted by molar-refractivity contribution is 6.34. The van der Waals surface area contributed by atoms with Crippen molar-refractivity contribution in [1.29, 1.82) is 0 Å². The second kappa shape index (κ2) is 10.4. The van der Waals surface area contributed by atoms with Gasteiger partial charge in [0.15, 0.2) is 0 Å². The molecule has 0 spiro atoms. The normalized spacial score (nSPS) is 22.2. The van der Waals surface area contributed by atoms with Crippen molar-refractivity contribution in [2.75, 3.05) is 18.1 Å². The molecule has 3 aromatic rings. The van der Waals surface area contributed by atoms with E-state index in [-0.39, 0.29) is 56.6 Å². The number of hydrogen-bond donors (Lipinski definition) is 3. The van der Waals surface area contributed by atoms with E-state index in [0.717, 1.165) is 12.8 Å². The number of carbonyl (C=O) groups is 1. The first-order chi connectivity index (χ1) is 18.1. The van der Waals surface area contributed by atoms with Crippen LogP contribution in [0.15, 0.2) is 29.1 Å². The molecule has 2 heterocycles. The highest BCUT2D eigenvalue weighted by Crippen LogP contribution is 2.50. The quantitative estimate of drug-likeness (QED) is 0.280. The van der Waals surface area contributed by atoms with Crippen LogP contribution in [0.1, 0.15) is 71.7 Å². The third-order valence-electron chi connectivity index (χ3n) is 8.21. The van der Waals surface area contributed by atoms with E-state index in [1.165, 1.54) is 4.40 Å². The molecule has 0 radical (unpaired) electrons. The van der Waals surface area contributed by atoms with E-state index < -0.39 is 11.5 Å². The van der Waals surface area contributed by atoms with E-state index in [9.17, 15) is 9.59 Å². The number of nitrogens with one attached hydrogen (secondary N) is 2. The minimum absolute atomic E-state index is 0.0803. The lowest BCUT2D eigenvalue weighted by molar-refractivity contribution is -0.0922. The lowest BCUT2D eigenvalue weighted by Crippen LogP contribution is -2.49. The van der Waals surface area contributed by atoms with Crippen LogP contribution < -0.4 is 16.6 Å². The van der Waals surface area contributed by atoms with Gasteiger partial charge in [0.25, 0.3) is 5.56 Å². The number of anilines is 2. The van der Waals surface area contributed by atoms with Crippen LogP contribution in [0.3, 0.4) is 0 Å². The Kier molecular flexibility index (Phi) is 7.82. The largest absolute Gasteiger partial charge is 0.458 e. The molecule has 2 atom stereocenters. The van der Waals surface area contributed by atoms with Gasteiger partial charge in [0.1, 0.15) is 34.0 Å². The predicted molar refractivity (Wildman–Crippen MR) is 161 cm³/mol. The van der Waals surface area contributed by atoms with Crippen molar-refractivity contribution >= 4 is 46.3 Å². The van der Waals surface area contributed by atoms with Crippen molar-refractivity contribution in [2.24, 2.45) is 28.6 Å². The van der Waals surface area contributed by atoms with Gasteiger partial charge in [-0.05, 0) is 47.3 Å². The Bertz CT molecular complexity index is 1420. The smallest absolute Gasteiger partial charge is 0.342 e. The van der Waals surface area contributed by atoms with Gasteiger partial charge < -0.3 is 20.8 Å². The van der Waals surface area contributed by atoms with Gasteiger partial charge in [0, 0.05) is 29.5 Å². The maximum absolute atomic E-state index is 14.3. The molecule has 1 aromatic carbocycles. The Morgan fingerprint density at radius 3 is 2.08 bits per heavy atom. The predicted octanol–water partition coefficient (Wildman–Crippen LogP) is 7.51. The Morgan fingerprint density at radius 1 is 1.05 bits per heavy atom. The van der Waals surface area contributed by atoms with E-state index in [4.69, 9.17) is 33.7 Å². The number of aromatic amines is 1. The second-order valence-corrected chi connectivity index (χ2v) is 13.9. The van der Waals surface area contributed by atoms with Gasteiger partial charge in [-0.3, -0.25) is 4.79 Å². The molecule has 0 amide bonds. The highest BCUT2D eigenvalue weighted by atomic mass is 35.5. The van der Waals surface area contributed by atoms with E-state index in [0.29, 0.717) is 22.1 Å². The molecule has 4 rings (SSSR count). The van der Waals surface area contributed by atoms with Gasteiger partial charge >= 0.3 is 5.97 Å². The fourth-order valence-electron chi connectivity index (χ4n) is 6.14. The third kappa shape index (κ3) is 5.40. The van der Waals surface area contributed by atoms with Crippen molar-refractivity contribution in [3.63, 3.8) is 0 Å². The minimum Gasteiger partial charge on any atom is -0.458 e. The Hall–Kier alpha value is -2.64. The SMILES string of the molecule is CNc1c(N)[nH]c2c(C(=O)OC3C(C(C)(C)C)CC(C)CC3C(C)(C)C)c(-c3ccc(Cl)cc3)c(Cl)n2c1=O. The number of H-pyrrole nitrogens is 1. The van der Waals surface area contributed by atoms with Crippen molar-refractivity contribution < 1.29 is 9.53 Å². The number of rotatable bonds is 4. The number of esters is 1. The van der Waals surface area contributed by atoms with E-state index in [1.54, 1.807) is 31.3 Å². The van der Waals surface area contributed by atoms with Gasteiger partial charge in [-0.1, -0.05) is 83.8 Å². The zero-order valence-corrected chi connectivity index (χ0v) is 25.6. The molecule has 2 aromatic heterocycles. The monoisotopic (exact) mass is 574 g/mol. The maximum Gasteiger partial charge on any atom is 0.342 e. The number of nitrogens with two attached hydrogens (primary N) is 1. The number of nitrogen functional groups attached to an aromatic ring is 1. The van der Waals surface area contributed by atoms with Crippen molar-refractivity contribution in [3.8, 4) is 11.1 Å². The summed E-state index contributed by atoms with van der Waals surface area (Å²) >= 11 is 13.0. The summed E-state index contributed by atoms with van der Waals surface area (Å²) in [5, 5.41) is 3.45. The molecule has 212 valence electrons. The molecule has 0 aliphatic heterocycles. The molecule has 9 heteroatoms. The first kappa shape index (κ1) is 29.3. The number of nitrogens with zero attached hydrogens (tertiary/aromatic N) is 1. The maximum atomic E-state index is 14.3. The first-order valence-corrected chi connectivity index (χ1v) is 14.2. The number of carbonyl (C=O) groups excluding carboxylic acids is 1. The summed E-state index contributed by atoms with van der Waals surface area (Å²) in [5.41, 5.74) is 7.13. The fourth-order valence-corrected chi connectivity index (χ4v) is 6.63. The van der Waals surface area contributed by atoms with Crippen LogP contribution in [0.4, 0.5) is 11.5 Å². The Labute approximate surface area is 240 Å². The lowest BCUT2D eigenvalue weighted by Gasteiger charge is -2.50. The van der Waals surface area contributed by atoms with Crippen LogP contribution in [0, 0.1) is 28.6 Å². The number of fused-ring (bicyclic) bond motifs is 1. The molecule has 1 aliphatic carbocycles. The average molecular weight is 576 g/mol. The lowest BCUT2D eigenvalue weighted by atomic mass is 9.59. The van der Waals surface area contributed by atoms with E-state index in [1.807, 2.05) is 0 Å².